The first kappa shape index (κ1) is 20.6. The van der Waals surface area contributed by atoms with E-state index in [1.54, 1.807) is 6.07 Å². The quantitative estimate of drug-likeness (QED) is 0.726. The van der Waals surface area contributed by atoms with Gasteiger partial charge in [-0.3, -0.25) is 4.79 Å². The van der Waals surface area contributed by atoms with Crippen LogP contribution >= 0.6 is 0 Å². The number of carbonyl (C=O) groups excluding carboxylic acids is 2. The number of likely N-dealkylation sites (tertiary alicyclic amines) is 1. The summed E-state index contributed by atoms with van der Waals surface area (Å²) >= 11 is 0. The minimum absolute atomic E-state index is 0.000481. The van der Waals surface area contributed by atoms with E-state index in [-0.39, 0.29) is 11.9 Å². The van der Waals surface area contributed by atoms with Gasteiger partial charge in [-0.25, -0.2) is 4.79 Å². The maximum atomic E-state index is 12.9. The van der Waals surface area contributed by atoms with Crippen molar-refractivity contribution in [1.29, 1.82) is 0 Å². The molecule has 6 nitrogen and oxygen atoms in total. The molecule has 2 atom stereocenters. The minimum Gasteiger partial charge on any atom is -0.376 e. The van der Waals surface area contributed by atoms with Crippen molar-refractivity contribution in [2.24, 2.45) is 5.92 Å². The normalized spacial score (nSPS) is 22.1. The molecule has 1 aromatic carbocycles. The summed E-state index contributed by atoms with van der Waals surface area (Å²) in [5.41, 5.74) is 2.03. The van der Waals surface area contributed by atoms with E-state index in [1.807, 2.05) is 24.0 Å². The van der Waals surface area contributed by atoms with Gasteiger partial charge >= 0.3 is 6.03 Å². The minimum atomic E-state index is -0.304. The van der Waals surface area contributed by atoms with Crippen LogP contribution in [0.25, 0.3) is 0 Å². The maximum absolute atomic E-state index is 12.9. The van der Waals surface area contributed by atoms with Crippen molar-refractivity contribution in [3.05, 3.63) is 29.3 Å². The number of nitrogens with zero attached hydrogens (tertiary/aromatic N) is 1. The van der Waals surface area contributed by atoms with Gasteiger partial charge in [0.15, 0.2) is 0 Å². The van der Waals surface area contributed by atoms with Gasteiger partial charge in [0.1, 0.15) is 0 Å². The number of carbonyl (C=O) groups is 2. The Morgan fingerprint density at radius 2 is 1.89 bits per heavy atom. The Morgan fingerprint density at radius 1 is 1.14 bits per heavy atom. The topological polar surface area (TPSA) is 70.7 Å². The maximum Gasteiger partial charge on any atom is 0.319 e. The van der Waals surface area contributed by atoms with Crippen LogP contribution in [0.1, 0.15) is 61.4 Å². The molecule has 154 valence electrons. The number of hydrogen-bond acceptors (Lipinski definition) is 3. The third-order valence-electron chi connectivity index (χ3n) is 5.88. The van der Waals surface area contributed by atoms with Gasteiger partial charge in [0.25, 0.3) is 5.91 Å². The number of benzene rings is 1. The molecule has 2 aliphatic rings. The highest BCUT2D eigenvalue weighted by Gasteiger charge is 2.24. The monoisotopic (exact) mass is 387 g/mol. The molecule has 1 heterocycles. The van der Waals surface area contributed by atoms with Gasteiger partial charge in [0.2, 0.25) is 0 Å². The molecular weight excluding hydrogens is 354 g/mol. The fourth-order valence-corrected chi connectivity index (χ4v) is 4.21. The van der Waals surface area contributed by atoms with Crippen molar-refractivity contribution >= 4 is 17.6 Å². The molecule has 3 amide bonds. The first-order valence-electron chi connectivity index (χ1n) is 10.6. The van der Waals surface area contributed by atoms with Crippen molar-refractivity contribution in [2.45, 2.75) is 58.5 Å². The Labute approximate surface area is 168 Å². The van der Waals surface area contributed by atoms with Crippen molar-refractivity contribution in [3.8, 4) is 0 Å². The number of ether oxygens (including phenoxy) is 1. The molecule has 6 heteroatoms. The fourth-order valence-electron chi connectivity index (χ4n) is 4.21. The van der Waals surface area contributed by atoms with E-state index in [9.17, 15) is 9.59 Å². The van der Waals surface area contributed by atoms with E-state index in [0.717, 1.165) is 37.9 Å². The van der Waals surface area contributed by atoms with Crippen LogP contribution in [0.5, 0.6) is 0 Å². The molecule has 0 aromatic heterocycles. The predicted molar refractivity (Wildman–Crippen MR) is 111 cm³/mol. The number of aryl methyl sites for hydroxylation is 1. The standard InChI is InChI=1S/C22H33N3O3/c1-16-8-3-4-11-19(16)28-15-12-23-22(27)24-18-10-7-9-17(2)20(18)21(26)25-13-5-6-14-25/h7,9-10,16,19H,3-6,8,11-15H2,1-2H3,(H2,23,24,27)/t16-,19-/m0/s1. The van der Waals surface area contributed by atoms with Crippen molar-refractivity contribution < 1.29 is 14.3 Å². The van der Waals surface area contributed by atoms with Gasteiger partial charge in [0.05, 0.1) is 24.0 Å². The highest BCUT2D eigenvalue weighted by Crippen LogP contribution is 2.26. The van der Waals surface area contributed by atoms with E-state index in [2.05, 4.69) is 17.6 Å². The molecule has 2 fully saturated rings. The third-order valence-corrected chi connectivity index (χ3v) is 5.88. The molecule has 0 bridgehead atoms. The van der Waals surface area contributed by atoms with Gasteiger partial charge < -0.3 is 20.3 Å². The first-order valence-corrected chi connectivity index (χ1v) is 10.6. The third kappa shape index (κ3) is 5.25. The Kier molecular flexibility index (Phi) is 7.31. The van der Waals surface area contributed by atoms with Crippen molar-refractivity contribution in [1.82, 2.24) is 10.2 Å². The second kappa shape index (κ2) is 9.92. The van der Waals surface area contributed by atoms with Crippen LogP contribution in [-0.4, -0.2) is 49.2 Å². The zero-order valence-electron chi connectivity index (χ0n) is 17.1. The highest BCUT2D eigenvalue weighted by molar-refractivity contribution is 6.04. The molecular formula is C22H33N3O3. The zero-order valence-corrected chi connectivity index (χ0v) is 17.1. The Morgan fingerprint density at radius 3 is 2.64 bits per heavy atom. The van der Waals surface area contributed by atoms with E-state index < -0.39 is 0 Å². The fraction of sp³-hybridized carbons (Fsp3) is 0.636. The van der Waals surface area contributed by atoms with Gasteiger partial charge in [-0.1, -0.05) is 31.9 Å². The van der Waals surface area contributed by atoms with Gasteiger partial charge in [-0.05, 0) is 50.2 Å². The number of hydrogen-bond donors (Lipinski definition) is 2. The van der Waals surface area contributed by atoms with Crippen LogP contribution in [0.2, 0.25) is 0 Å². The molecule has 1 saturated carbocycles. The van der Waals surface area contributed by atoms with E-state index >= 15 is 0 Å². The van der Waals surface area contributed by atoms with E-state index in [1.165, 1.54) is 19.3 Å². The summed E-state index contributed by atoms with van der Waals surface area (Å²) in [6.45, 7) is 6.68. The lowest BCUT2D eigenvalue weighted by molar-refractivity contribution is -0.00232. The second-order valence-electron chi connectivity index (χ2n) is 8.05. The van der Waals surface area contributed by atoms with E-state index in [4.69, 9.17) is 4.74 Å². The van der Waals surface area contributed by atoms with Crippen LogP contribution in [0, 0.1) is 12.8 Å². The number of nitrogens with one attached hydrogen (secondary N) is 2. The zero-order chi connectivity index (χ0) is 19.9. The van der Waals surface area contributed by atoms with Crippen LogP contribution in [0.15, 0.2) is 18.2 Å². The molecule has 2 N–H and O–H groups in total. The van der Waals surface area contributed by atoms with Crippen LogP contribution in [0.4, 0.5) is 10.5 Å². The lowest BCUT2D eigenvalue weighted by Gasteiger charge is -2.28. The van der Waals surface area contributed by atoms with Crippen LogP contribution in [-0.2, 0) is 4.74 Å². The summed E-state index contributed by atoms with van der Waals surface area (Å²) in [5, 5.41) is 5.69. The molecule has 1 aliphatic heterocycles. The summed E-state index contributed by atoms with van der Waals surface area (Å²) in [6.07, 6.45) is 7.24. The van der Waals surface area contributed by atoms with Crippen molar-refractivity contribution in [3.63, 3.8) is 0 Å². The molecule has 28 heavy (non-hydrogen) atoms. The van der Waals surface area contributed by atoms with Crippen LogP contribution < -0.4 is 10.6 Å². The summed E-state index contributed by atoms with van der Waals surface area (Å²) in [5.74, 6) is 0.592. The lowest BCUT2D eigenvalue weighted by Crippen LogP contribution is -2.35. The van der Waals surface area contributed by atoms with Gasteiger partial charge in [-0.2, -0.15) is 0 Å². The summed E-state index contributed by atoms with van der Waals surface area (Å²) < 4.78 is 5.94. The molecule has 1 aliphatic carbocycles. The molecule has 0 unspecified atom stereocenters. The Bertz CT molecular complexity index is 686. The molecule has 0 spiro atoms. The van der Waals surface area contributed by atoms with Crippen molar-refractivity contribution in [2.75, 3.05) is 31.6 Å². The van der Waals surface area contributed by atoms with E-state index in [0.29, 0.717) is 36.4 Å². The van der Waals surface area contributed by atoms with Gasteiger partial charge in [-0.15, -0.1) is 0 Å². The summed E-state index contributed by atoms with van der Waals surface area (Å²) in [6, 6.07) is 5.25. The average Bonchev–Trinajstić information content (AvgIpc) is 3.21. The Balaban J connectivity index is 1.51. The largest absolute Gasteiger partial charge is 0.376 e. The smallest absolute Gasteiger partial charge is 0.319 e. The number of anilines is 1. The molecule has 3 rings (SSSR count). The predicted octanol–water partition coefficient (Wildman–Crippen LogP) is 3.95. The first-order chi connectivity index (χ1) is 13.6. The van der Waals surface area contributed by atoms with Crippen LogP contribution in [0.3, 0.4) is 0 Å². The second-order valence-corrected chi connectivity index (χ2v) is 8.05. The number of amides is 3. The molecule has 0 radical (unpaired) electrons. The average molecular weight is 388 g/mol. The SMILES string of the molecule is Cc1cccc(NC(=O)NCCO[C@H]2CCCC[C@@H]2C)c1C(=O)N1CCCC1. The Hall–Kier alpha value is -2.08. The number of urea groups is 1. The lowest BCUT2D eigenvalue weighted by atomic mass is 9.88. The summed E-state index contributed by atoms with van der Waals surface area (Å²) in [7, 11) is 0. The molecule has 1 saturated heterocycles. The van der Waals surface area contributed by atoms with Gasteiger partial charge in [0, 0.05) is 19.6 Å². The summed E-state index contributed by atoms with van der Waals surface area (Å²) in [4.78, 5) is 27.1. The highest BCUT2D eigenvalue weighted by atomic mass is 16.5. The molecule has 1 aromatic rings. The number of rotatable bonds is 6.